The fourth-order valence-electron chi connectivity index (χ4n) is 4.35. The van der Waals surface area contributed by atoms with E-state index in [1.54, 1.807) is 24.3 Å². The Morgan fingerprint density at radius 2 is 1.90 bits per heavy atom. The van der Waals surface area contributed by atoms with Crippen molar-refractivity contribution in [2.45, 2.75) is 63.5 Å². The van der Waals surface area contributed by atoms with Gasteiger partial charge in [-0.3, -0.25) is 4.79 Å². The first-order valence-corrected chi connectivity index (χ1v) is 11.0. The van der Waals surface area contributed by atoms with Gasteiger partial charge in [-0.15, -0.1) is 0 Å². The third-order valence-corrected chi connectivity index (χ3v) is 6.50. The van der Waals surface area contributed by atoms with Crippen LogP contribution in [0.3, 0.4) is 0 Å². The number of nitrogens with one attached hydrogen (secondary N) is 1. The Bertz CT molecular complexity index is 934. The highest BCUT2D eigenvalue weighted by molar-refractivity contribution is 6.08. The van der Waals surface area contributed by atoms with E-state index < -0.39 is 23.1 Å². The molecule has 166 valence electrons. The van der Waals surface area contributed by atoms with E-state index in [1.165, 1.54) is 12.1 Å². The second kappa shape index (κ2) is 9.92. The molecule has 0 bridgehead atoms. The number of nitrogens with two attached hydrogens (primary N) is 1. The number of aliphatic carboxylic acids is 1. The van der Waals surface area contributed by atoms with Crippen LogP contribution in [0.4, 0.5) is 8.78 Å². The molecule has 31 heavy (non-hydrogen) atoms. The average Bonchev–Trinajstić information content (AvgIpc) is 2.69. The molecule has 1 fully saturated rings. The highest BCUT2D eigenvalue weighted by atomic mass is 19.1. The molecule has 2 aromatic carbocycles. The number of benzene rings is 2. The van der Waals surface area contributed by atoms with E-state index in [2.05, 4.69) is 13.2 Å². The van der Waals surface area contributed by atoms with Crippen LogP contribution in [0.5, 0.6) is 0 Å². The SMILES string of the molecule is BCCCCC(N)(C(=O)O)[C@H]1C[C@@H](NCc2ccc(-c3cc(C)ccc3F)c(F)c2)C1. The molecule has 0 spiro atoms. The monoisotopic (exact) mass is 428 g/mol. The smallest absolute Gasteiger partial charge is 0.323 e. The van der Waals surface area contributed by atoms with Gasteiger partial charge in [0.25, 0.3) is 0 Å². The maximum atomic E-state index is 14.6. The van der Waals surface area contributed by atoms with Gasteiger partial charge in [-0.1, -0.05) is 42.9 Å². The summed E-state index contributed by atoms with van der Waals surface area (Å²) in [6, 6.07) is 9.64. The lowest BCUT2D eigenvalue weighted by Gasteiger charge is -2.45. The number of rotatable bonds is 10. The van der Waals surface area contributed by atoms with E-state index in [-0.39, 0.29) is 23.1 Å². The number of hydrogen-bond donors (Lipinski definition) is 3. The number of carboxylic acid groups (broad SMARTS) is 1. The Balaban J connectivity index is 1.56. The number of carbonyl (C=O) groups is 1. The van der Waals surface area contributed by atoms with Gasteiger partial charge in [0.1, 0.15) is 25.0 Å². The van der Waals surface area contributed by atoms with Crippen LogP contribution in [0.1, 0.15) is 43.2 Å². The highest BCUT2D eigenvalue weighted by Gasteiger charge is 2.47. The van der Waals surface area contributed by atoms with Gasteiger partial charge in [0, 0.05) is 23.7 Å². The average molecular weight is 428 g/mol. The maximum absolute atomic E-state index is 14.6. The lowest BCUT2D eigenvalue weighted by atomic mass is 9.66. The summed E-state index contributed by atoms with van der Waals surface area (Å²) in [5.74, 6) is -1.88. The third kappa shape index (κ3) is 5.33. The first-order chi connectivity index (χ1) is 14.7. The Labute approximate surface area is 183 Å². The van der Waals surface area contributed by atoms with Crippen LogP contribution in [0, 0.1) is 24.5 Å². The Kier molecular flexibility index (Phi) is 7.49. The fraction of sp³-hybridized carbons (Fsp3) is 0.458. The normalized spacial score (nSPS) is 20.1. The minimum atomic E-state index is -1.17. The van der Waals surface area contributed by atoms with Crippen molar-refractivity contribution in [3.05, 3.63) is 59.2 Å². The summed E-state index contributed by atoms with van der Waals surface area (Å²) in [4.78, 5) is 11.8. The van der Waals surface area contributed by atoms with Gasteiger partial charge in [0.2, 0.25) is 0 Å². The van der Waals surface area contributed by atoms with Crippen molar-refractivity contribution in [2.24, 2.45) is 11.7 Å². The summed E-state index contributed by atoms with van der Waals surface area (Å²) in [6.45, 7) is 2.31. The van der Waals surface area contributed by atoms with Crippen molar-refractivity contribution in [3.8, 4) is 11.1 Å². The summed E-state index contributed by atoms with van der Waals surface area (Å²) >= 11 is 0. The van der Waals surface area contributed by atoms with Crippen LogP contribution in [0.2, 0.25) is 6.32 Å². The minimum Gasteiger partial charge on any atom is -0.480 e. The third-order valence-electron chi connectivity index (χ3n) is 6.50. The van der Waals surface area contributed by atoms with Crippen molar-refractivity contribution in [2.75, 3.05) is 0 Å². The molecule has 0 saturated heterocycles. The van der Waals surface area contributed by atoms with Gasteiger partial charge in [-0.05, 0) is 55.9 Å². The van der Waals surface area contributed by atoms with E-state index in [0.717, 1.165) is 30.3 Å². The van der Waals surface area contributed by atoms with Crippen LogP contribution in [0.15, 0.2) is 36.4 Å². The zero-order valence-electron chi connectivity index (χ0n) is 18.3. The fourth-order valence-corrected chi connectivity index (χ4v) is 4.35. The molecule has 1 aliphatic rings. The second-order valence-electron chi connectivity index (χ2n) is 8.85. The molecule has 1 saturated carbocycles. The Morgan fingerprint density at radius 1 is 1.16 bits per heavy atom. The lowest BCUT2D eigenvalue weighted by Crippen LogP contribution is -2.60. The number of halogens is 2. The molecule has 1 atom stereocenters. The molecule has 4 N–H and O–H groups in total. The molecule has 7 heteroatoms. The largest absolute Gasteiger partial charge is 0.480 e. The van der Waals surface area contributed by atoms with Gasteiger partial charge in [0.15, 0.2) is 0 Å². The van der Waals surface area contributed by atoms with Gasteiger partial charge in [0.05, 0.1) is 0 Å². The molecular weight excluding hydrogens is 397 g/mol. The van der Waals surface area contributed by atoms with E-state index in [0.29, 0.717) is 25.8 Å². The summed E-state index contributed by atoms with van der Waals surface area (Å²) in [5, 5.41) is 13.0. The van der Waals surface area contributed by atoms with Gasteiger partial charge >= 0.3 is 5.97 Å². The molecule has 0 aliphatic heterocycles. The zero-order valence-corrected chi connectivity index (χ0v) is 18.3. The highest BCUT2D eigenvalue weighted by Crippen LogP contribution is 2.38. The predicted octanol–water partition coefficient (Wildman–Crippen LogP) is 3.81. The van der Waals surface area contributed by atoms with Crippen LogP contribution >= 0.6 is 0 Å². The van der Waals surface area contributed by atoms with E-state index >= 15 is 0 Å². The summed E-state index contributed by atoms with van der Waals surface area (Å²) < 4.78 is 28.7. The van der Waals surface area contributed by atoms with Crippen molar-refractivity contribution in [3.63, 3.8) is 0 Å². The molecule has 0 radical (unpaired) electrons. The molecule has 0 aromatic heterocycles. The molecule has 2 aromatic rings. The zero-order chi connectivity index (χ0) is 22.6. The van der Waals surface area contributed by atoms with Crippen molar-refractivity contribution < 1.29 is 18.7 Å². The lowest BCUT2D eigenvalue weighted by molar-refractivity contribution is -0.148. The molecule has 0 heterocycles. The number of aryl methyl sites for hydroxylation is 1. The standard InChI is InChI=1S/C24H31BF2N2O2/c1-15-4-7-21(26)20(10-15)19-6-5-16(11-22(19)27)14-29-18-12-17(13-18)24(28,23(30)31)8-2-3-9-25/h4-7,10-11,17-18,29H,2-3,8-9,12-14,25,28H2,1H3,(H,30,31)/t17-,18+,24?. The number of hydrogen-bond acceptors (Lipinski definition) is 3. The summed E-state index contributed by atoms with van der Waals surface area (Å²) in [6.07, 6.45) is 4.72. The first-order valence-electron chi connectivity index (χ1n) is 11.0. The van der Waals surface area contributed by atoms with Crippen molar-refractivity contribution >= 4 is 13.8 Å². The van der Waals surface area contributed by atoms with Gasteiger partial charge in [-0.2, -0.15) is 0 Å². The van der Waals surface area contributed by atoms with Gasteiger partial charge < -0.3 is 16.2 Å². The number of carboxylic acids is 1. The number of unbranched alkanes of at least 4 members (excludes halogenated alkanes) is 1. The van der Waals surface area contributed by atoms with E-state index in [1.807, 2.05) is 6.92 Å². The van der Waals surface area contributed by atoms with Crippen molar-refractivity contribution in [1.82, 2.24) is 5.32 Å². The Morgan fingerprint density at radius 3 is 2.55 bits per heavy atom. The molecule has 1 aliphatic carbocycles. The summed E-state index contributed by atoms with van der Waals surface area (Å²) in [5.41, 5.74) is 7.23. The van der Waals surface area contributed by atoms with Gasteiger partial charge in [-0.25, -0.2) is 8.78 Å². The molecule has 3 rings (SSSR count). The minimum absolute atomic E-state index is 0.0530. The van der Waals surface area contributed by atoms with E-state index in [9.17, 15) is 18.7 Å². The molecule has 4 nitrogen and oxygen atoms in total. The molecule has 1 unspecified atom stereocenters. The van der Waals surface area contributed by atoms with Crippen LogP contribution in [-0.2, 0) is 11.3 Å². The van der Waals surface area contributed by atoms with Crippen LogP contribution in [-0.4, -0.2) is 30.5 Å². The van der Waals surface area contributed by atoms with E-state index in [4.69, 9.17) is 5.73 Å². The maximum Gasteiger partial charge on any atom is 0.323 e. The van der Waals surface area contributed by atoms with Crippen LogP contribution in [0.25, 0.3) is 11.1 Å². The second-order valence-corrected chi connectivity index (χ2v) is 8.85. The quantitative estimate of drug-likeness (QED) is 0.398. The molecular formula is C24H31BF2N2O2. The predicted molar refractivity (Wildman–Crippen MR) is 122 cm³/mol. The van der Waals surface area contributed by atoms with Crippen LogP contribution < -0.4 is 11.1 Å². The Hall–Kier alpha value is -2.25. The topological polar surface area (TPSA) is 75.4 Å². The van der Waals surface area contributed by atoms with Crippen molar-refractivity contribution in [1.29, 1.82) is 0 Å². The molecule has 0 amide bonds. The first kappa shape index (κ1) is 23.4. The summed E-state index contributed by atoms with van der Waals surface area (Å²) in [7, 11) is 2.08.